The molecule has 0 heterocycles. The van der Waals surface area contributed by atoms with Crippen molar-refractivity contribution in [1.29, 1.82) is 0 Å². The molecule has 114 valence electrons. The minimum atomic E-state index is -0.259. The summed E-state index contributed by atoms with van der Waals surface area (Å²) in [4.78, 5) is 11.7. The van der Waals surface area contributed by atoms with Gasteiger partial charge in [-0.25, -0.2) is 5.43 Å². The highest BCUT2D eigenvalue weighted by atomic mass is 79.9. The van der Waals surface area contributed by atoms with Crippen molar-refractivity contribution in [3.63, 3.8) is 0 Å². The van der Waals surface area contributed by atoms with Gasteiger partial charge < -0.3 is 10.4 Å². The van der Waals surface area contributed by atoms with Crippen molar-refractivity contribution in [1.82, 2.24) is 5.43 Å². The number of nitrogens with one attached hydrogen (secondary N) is 2. The lowest BCUT2D eigenvalue weighted by molar-refractivity contribution is -0.119. The number of halogens is 2. The smallest absolute Gasteiger partial charge is 0.259 e. The first-order valence-electron chi connectivity index (χ1n) is 6.34. The number of amides is 1. The van der Waals surface area contributed by atoms with Gasteiger partial charge in [-0.2, -0.15) is 5.10 Å². The first kappa shape index (κ1) is 16.5. The van der Waals surface area contributed by atoms with Gasteiger partial charge >= 0.3 is 0 Å². The minimum Gasteiger partial charge on any atom is -0.508 e. The van der Waals surface area contributed by atoms with E-state index in [0.29, 0.717) is 0 Å². The molecule has 0 aromatic heterocycles. The fraction of sp³-hybridized carbons (Fsp3) is 0.0667. The summed E-state index contributed by atoms with van der Waals surface area (Å²) in [6.07, 6.45) is 1.51. The van der Waals surface area contributed by atoms with Crippen LogP contribution in [0.5, 0.6) is 5.75 Å². The maximum Gasteiger partial charge on any atom is 0.259 e. The topological polar surface area (TPSA) is 73.7 Å². The Bertz CT molecular complexity index is 688. The van der Waals surface area contributed by atoms with Crippen LogP contribution >= 0.6 is 31.9 Å². The van der Waals surface area contributed by atoms with E-state index in [-0.39, 0.29) is 18.2 Å². The van der Waals surface area contributed by atoms with Crippen molar-refractivity contribution >= 4 is 49.7 Å². The summed E-state index contributed by atoms with van der Waals surface area (Å²) in [7, 11) is 0. The summed E-state index contributed by atoms with van der Waals surface area (Å²) < 4.78 is 1.81. The van der Waals surface area contributed by atoms with Gasteiger partial charge in [-0.1, -0.05) is 15.9 Å². The summed E-state index contributed by atoms with van der Waals surface area (Å²) in [5, 5.41) is 16.0. The Morgan fingerprint density at radius 1 is 1.18 bits per heavy atom. The zero-order chi connectivity index (χ0) is 15.9. The summed E-state index contributed by atoms with van der Waals surface area (Å²) in [6.45, 7) is 0.104. The Morgan fingerprint density at radius 2 is 1.91 bits per heavy atom. The summed E-state index contributed by atoms with van der Waals surface area (Å²) in [5.74, 6) is -0.0738. The number of carbonyl (C=O) groups is 1. The van der Waals surface area contributed by atoms with Gasteiger partial charge in [0.15, 0.2) is 0 Å². The number of benzene rings is 2. The van der Waals surface area contributed by atoms with Gasteiger partial charge in [0, 0.05) is 14.6 Å². The lowest BCUT2D eigenvalue weighted by atomic mass is 10.2. The number of carbonyl (C=O) groups excluding carboxylic acids is 1. The van der Waals surface area contributed by atoms with E-state index in [1.165, 1.54) is 6.21 Å². The standard InChI is InChI=1S/C15H13Br2N3O2/c16-11-3-6-14(13(17)7-11)18-9-15(22)20-19-8-10-1-4-12(21)5-2-10/h1-8,18,21H,9H2,(H,20,22)/b19-8+. The molecule has 0 atom stereocenters. The van der Waals surface area contributed by atoms with Crippen LogP contribution in [0.15, 0.2) is 56.5 Å². The van der Waals surface area contributed by atoms with Crippen LogP contribution in [0.2, 0.25) is 0 Å². The van der Waals surface area contributed by atoms with Crippen LogP contribution in [0, 0.1) is 0 Å². The predicted octanol–water partition coefficient (Wildman–Crippen LogP) is 3.48. The van der Waals surface area contributed by atoms with Gasteiger partial charge in [0.1, 0.15) is 5.75 Å². The van der Waals surface area contributed by atoms with E-state index in [1.807, 2.05) is 18.2 Å². The van der Waals surface area contributed by atoms with Gasteiger partial charge in [0.2, 0.25) is 0 Å². The highest BCUT2D eigenvalue weighted by Gasteiger charge is 2.03. The third kappa shape index (κ3) is 5.16. The maximum atomic E-state index is 11.7. The normalized spacial score (nSPS) is 10.6. The second kappa shape index (κ2) is 7.95. The molecule has 0 radical (unpaired) electrons. The fourth-order valence-corrected chi connectivity index (χ4v) is 2.77. The highest BCUT2D eigenvalue weighted by Crippen LogP contribution is 2.25. The quantitative estimate of drug-likeness (QED) is 0.506. The molecule has 7 heteroatoms. The molecule has 0 saturated carbocycles. The number of hydrogen-bond donors (Lipinski definition) is 3. The largest absolute Gasteiger partial charge is 0.508 e. The average Bonchev–Trinajstić information content (AvgIpc) is 2.48. The van der Waals surface area contributed by atoms with Crippen LogP contribution in [0.4, 0.5) is 5.69 Å². The van der Waals surface area contributed by atoms with Gasteiger partial charge in [0.05, 0.1) is 12.8 Å². The SMILES string of the molecule is O=C(CNc1ccc(Br)cc1Br)N/N=C/c1ccc(O)cc1. The van der Waals surface area contributed by atoms with Gasteiger partial charge in [-0.15, -0.1) is 0 Å². The van der Waals surface area contributed by atoms with Gasteiger partial charge in [-0.05, 0) is 64.0 Å². The monoisotopic (exact) mass is 425 g/mol. The maximum absolute atomic E-state index is 11.7. The van der Waals surface area contributed by atoms with Crippen LogP contribution in [0.1, 0.15) is 5.56 Å². The van der Waals surface area contributed by atoms with E-state index in [0.717, 1.165) is 20.2 Å². The van der Waals surface area contributed by atoms with Crippen LogP contribution in [-0.4, -0.2) is 23.8 Å². The van der Waals surface area contributed by atoms with Crippen molar-refractivity contribution in [2.45, 2.75) is 0 Å². The minimum absolute atomic E-state index is 0.104. The first-order chi connectivity index (χ1) is 10.5. The van der Waals surface area contributed by atoms with Gasteiger partial charge in [0.25, 0.3) is 5.91 Å². The van der Waals surface area contributed by atoms with Gasteiger partial charge in [-0.3, -0.25) is 4.79 Å². The van der Waals surface area contributed by atoms with E-state index in [2.05, 4.69) is 47.7 Å². The molecule has 2 aromatic rings. The van der Waals surface area contributed by atoms with Crippen LogP contribution in [0.25, 0.3) is 0 Å². The molecule has 22 heavy (non-hydrogen) atoms. The molecule has 0 saturated heterocycles. The van der Waals surface area contributed by atoms with Crippen molar-refractivity contribution in [3.05, 3.63) is 57.0 Å². The molecule has 1 amide bonds. The first-order valence-corrected chi connectivity index (χ1v) is 7.93. The van der Waals surface area contributed by atoms with Crippen molar-refractivity contribution in [2.24, 2.45) is 5.10 Å². The Morgan fingerprint density at radius 3 is 2.59 bits per heavy atom. The van der Waals surface area contributed by atoms with Crippen LogP contribution in [0.3, 0.4) is 0 Å². The number of phenols is 1. The summed E-state index contributed by atoms with van der Waals surface area (Å²) >= 11 is 6.78. The zero-order valence-corrected chi connectivity index (χ0v) is 14.6. The van der Waals surface area contributed by atoms with E-state index in [4.69, 9.17) is 5.11 Å². The number of anilines is 1. The molecule has 0 unspecified atom stereocenters. The molecular formula is C15H13Br2N3O2. The van der Waals surface area contributed by atoms with E-state index < -0.39 is 0 Å². The molecule has 0 aliphatic carbocycles. The molecule has 0 aliphatic heterocycles. The Balaban J connectivity index is 1.81. The molecule has 2 aromatic carbocycles. The molecule has 0 fully saturated rings. The van der Waals surface area contributed by atoms with Crippen LogP contribution < -0.4 is 10.7 Å². The average molecular weight is 427 g/mol. The molecule has 2 rings (SSSR count). The Hall–Kier alpha value is -1.86. The third-order valence-electron chi connectivity index (χ3n) is 2.67. The van der Waals surface area contributed by atoms with E-state index in [9.17, 15) is 4.79 Å². The zero-order valence-electron chi connectivity index (χ0n) is 11.4. The van der Waals surface area contributed by atoms with E-state index in [1.54, 1.807) is 24.3 Å². The number of rotatable bonds is 5. The second-order valence-corrected chi connectivity index (χ2v) is 6.13. The molecule has 0 spiro atoms. The molecule has 3 N–H and O–H groups in total. The highest BCUT2D eigenvalue weighted by molar-refractivity contribution is 9.11. The number of aromatic hydroxyl groups is 1. The third-order valence-corrected chi connectivity index (χ3v) is 3.82. The van der Waals surface area contributed by atoms with Crippen molar-refractivity contribution in [2.75, 3.05) is 11.9 Å². The van der Waals surface area contributed by atoms with Crippen molar-refractivity contribution < 1.29 is 9.90 Å². The molecule has 5 nitrogen and oxygen atoms in total. The fourth-order valence-electron chi connectivity index (χ4n) is 1.59. The Labute approximate surface area is 144 Å². The van der Waals surface area contributed by atoms with E-state index >= 15 is 0 Å². The molecule has 0 bridgehead atoms. The summed E-state index contributed by atoms with van der Waals surface area (Å²) in [5.41, 5.74) is 4.03. The summed E-state index contributed by atoms with van der Waals surface area (Å²) in [6, 6.07) is 12.1. The molecule has 0 aliphatic rings. The lowest BCUT2D eigenvalue weighted by Crippen LogP contribution is -2.26. The second-order valence-electron chi connectivity index (χ2n) is 4.36. The predicted molar refractivity (Wildman–Crippen MR) is 94.2 cm³/mol. The number of nitrogens with zero attached hydrogens (tertiary/aromatic N) is 1. The lowest BCUT2D eigenvalue weighted by Gasteiger charge is -2.07. The number of hydrazone groups is 1. The Kier molecular flexibility index (Phi) is 5.97. The number of phenolic OH excluding ortho intramolecular Hbond substituents is 1. The number of hydrogen-bond acceptors (Lipinski definition) is 4. The van der Waals surface area contributed by atoms with Crippen molar-refractivity contribution in [3.8, 4) is 5.75 Å². The van der Waals surface area contributed by atoms with Crippen LogP contribution in [-0.2, 0) is 4.79 Å². The molecular weight excluding hydrogens is 414 g/mol.